The van der Waals surface area contributed by atoms with Gasteiger partial charge in [0.2, 0.25) is 11.1 Å². The average molecular weight is 401 g/mol. The summed E-state index contributed by atoms with van der Waals surface area (Å²) in [6.45, 7) is 4.13. The Hall–Kier alpha value is -2.63. The van der Waals surface area contributed by atoms with Crippen LogP contribution in [0.3, 0.4) is 0 Å². The molecule has 0 saturated carbocycles. The molecule has 0 aliphatic heterocycles. The molecular formula is C18H17ClN6OS. The second-order valence-corrected chi connectivity index (χ2v) is 7.25. The molecular weight excluding hydrogens is 384 g/mol. The highest BCUT2D eigenvalue weighted by Gasteiger charge is 2.18. The second kappa shape index (κ2) is 8.37. The summed E-state index contributed by atoms with van der Waals surface area (Å²) in [5.41, 5.74) is 2.46. The van der Waals surface area contributed by atoms with Crippen LogP contribution in [0.5, 0.6) is 0 Å². The van der Waals surface area contributed by atoms with E-state index in [4.69, 9.17) is 16.9 Å². The monoisotopic (exact) mass is 400 g/mol. The van der Waals surface area contributed by atoms with Crippen LogP contribution in [-0.2, 0) is 4.79 Å². The van der Waals surface area contributed by atoms with Gasteiger partial charge in [0, 0.05) is 28.6 Å². The van der Waals surface area contributed by atoms with Crippen LogP contribution in [0.15, 0.2) is 35.5 Å². The molecule has 3 rings (SSSR count). The van der Waals surface area contributed by atoms with Gasteiger partial charge in [0.15, 0.2) is 0 Å². The molecule has 0 fully saturated rings. The van der Waals surface area contributed by atoms with Crippen molar-refractivity contribution < 1.29 is 4.79 Å². The van der Waals surface area contributed by atoms with Crippen molar-refractivity contribution in [2.45, 2.75) is 25.4 Å². The lowest BCUT2D eigenvalue weighted by molar-refractivity contribution is -0.116. The number of hydrogen-bond acceptors (Lipinski definition) is 6. The molecule has 0 aliphatic rings. The predicted octanol–water partition coefficient (Wildman–Crippen LogP) is 3.43. The Morgan fingerprint density at radius 1 is 1.33 bits per heavy atom. The molecule has 3 aromatic rings. The first-order valence-electron chi connectivity index (χ1n) is 8.24. The van der Waals surface area contributed by atoms with Crippen molar-refractivity contribution >= 4 is 40.7 Å². The quantitative estimate of drug-likeness (QED) is 0.589. The van der Waals surface area contributed by atoms with Crippen molar-refractivity contribution in [2.24, 2.45) is 0 Å². The smallest absolute Gasteiger partial charge is 0.253 e. The fourth-order valence-electron chi connectivity index (χ4n) is 2.62. The molecule has 9 heteroatoms. The van der Waals surface area contributed by atoms with E-state index in [-0.39, 0.29) is 18.1 Å². The van der Waals surface area contributed by atoms with Crippen molar-refractivity contribution in [3.8, 4) is 6.07 Å². The molecule has 0 spiro atoms. The minimum atomic E-state index is -0.141. The Bertz CT molecular complexity index is 1030. The van der Waals surface area contributed by atoms with Gasteiger partial charge in [0.05, 0.1) is 18.2 Å². The van der Waals surface area contributed by atoms with E-state index >= 15 is 0 Å². The van der Waals surface area contributed by atoms with Crippen LogP contribution >= 0.6 is 23.4 Å². The molecule has 27 heavy (non-hydrogen) atoms. The number of rotatable bonds is 6. The molecule has 0 aliphatic carbocycles. The summed E-state index contributed by atoms with van der Waals surface area (Å²) in [7, 11) is 0. The number of aromatic nitrogens is 4. The average Bonchev–Trinajstić information content (AvgIpc) is 3.03. The fraction of sp³-hybridized carbons (Fsp3) is 0.278. The normalized spacial score (nSPS) is 10.7. The summed E-state index contributed by atoms with van der Waals surface area (Å²) >= 11 is 7.27. The summed E-state index contributed by atoms with van der Waals surface area (Å²) in [5.74, 6) is 0.517. The van der Waals surface area contributed by atoms with Crippen LogP contribution in [-0.4, -0.2) is 37.8 Å². The van der Waals surface area contributed by atoms with Crippen LogP contribution in [0, 0.1) is 25.2 Å². The lowest BCUT2D eigenvalue weighted by atomic mass is 10.2. The number of benzene rings is 1. The molecule has 2 aromatic heterocycles. The van der Waals surface area contributed by atoms with Gasteiger partial charge >= 0.3 is 0 Å². The van der Waals surface area contributed by atoms with Crippen LogP contribution < -0.4 is 4.90 Å². The number of nitriles is 1. The first kappa shape index (κ1) is 19.1. The summed E-state index contributed by atoms with van der Waals surface area (Å²) in [6, 6.07) is 11.0. The van der Waals surface area contributed by atoms with E-state index in [9.17, 15) is 4.79 Å². The number of anilines is 1. The highest BCUT2D eigenvalue weighted by atomic mass is 35.5. The molecule has 7 nitrogen and oxygen atoms in total. The Balaban J connectivity index is 1.76. The molecule has 1 amide bonds. The minimum Gasteiger partial charge on any atom is -0.311 e. The van der Waals surface area contributed by atoms with Gasteiger partial charge in [0.25, 0.3) is 5.78 Å². The number of carbonyl (C=O) groups is 1. The van der Waals surface area contributed by atoms with Gasteiger partial charge in [-0.25, -0.2) is 9.50 Å². The minimum absolute atomic E-state index is 0.141. The van der Waals surface area contributed by atoms with Gasteiger partial charge in [-0.05, 0) is 38.1 Å². The number of fused-ring (bicyclic) bond motifs is 1. The van der Waals surface area contributed by atoms with Gasteiger partial charge in [-0.2, -0.15) is 10.2 Å². The van der Waals surface area contributed by atoms with Crippen LogP contribution in [0.25, 0.3) is 5.78 Å². The number of amides is 1. The van der Waals surface area contributed by atoms with Crippen molar-refractivity contribution in [3.05, 3.63) is 46.7 Å². The maximum absolute atomic E-state index is 12.7. The van der Waals surface area contributed by atoms with Crippen LogP contribution in [0.4, 0.5) is 5.69 Å². The van der Waals surface area contributed by atoms with Crippen LogP contribution in [0.2, 0.25) is 5.02 Å². The van der Waals surface area contributed by atoms with Gasteiger partial charge in [0.1, 0.15) is 0 Å². The molecule has 0 radical (unpaired) electrons. The van der Waals surface area contributed by atoms with E-state index in [1.54, 1.807) is 33.7 Å². The van der Waals surface area contributed by atoms with Crippen molar-refractivity contribution in [1.82, 2.24) is 19.6 Å². The lowest BCUT2D eigenvalue weighted by Crippen LogP contribution is -2.33. The maximum Gasteiger partial charge on any atom is 0.253 e. The van der Waals surface area contributed by atoms with Crippen molar-refractivity contribution in [1.29, 1.82) is 5.26 Å². The standard InChI is InChI=1S/C18H17ClN6OS/c1-12-9-13(2)25-17(21-12)22-18(23-25)27-11-16(26)24(8-4-7-20)15-6-3-5-14(19)10-15/h3,5-6,9-10H,4,8,11H2,1-2H3. The van der Waals surface area contributed by atoms with E-state index in [2.05, 4.69) is 21.1 Å². The third-order valence-corrected chi connectivity index (χ3v) is 4.85. The lowest BCUT2D eigenvalue weighted by Gasteiger charge is -2.21. The van der Waals surface area contributed by atoms with Crippen molar-refractivity contribution in [3.63, 3.8) is 0 Å². The summed E-state index contributed by atoms with van der Waals surface area (Å²) in [6.07, 6.45) is 0.234. The fourth-order valence-corrected chi connectivity index (χ4v) is 3.50. The largest absolute Gasteiger partial charge is 0.311 e. The van der Waals surface area contributed by atoms with Gasteiger partial charge in [-0.1, -0.05) is 29.4 Å². The first-order chi connectivity index (χ1) is 13.0. The zero-order valence-electron chi connectivity index (χ0n) is 14.9. The van der Waals surface area contributed by atoms with E-state index in [0.29, 0.717) is 28.2 Å². The molecule has 138 valence electrons. The summed E-state index contributed by atoms with van der Waals surface area (Å²) < 4.78 is 1.66. The van der Waals surface area contributed by atoms with Gasteiger partial charge < -0.3 is 4.90 Å². The number of carbonyl (C=O) groups excluding carboxylic acids is 1. The Kier molecular flexibility index (Phi) is 5.94. The summed E-state index contributed by atoms with van der Waals surface area (Å²) in [4.78, 5) is 23.0. The van der Waals surface area contributed by atoms with E-state index in [0.717, 1.165) is 11.4 Å². The van der Waals surface area contributed by atoms with E-state index in [1.165, 1.54) is 11.8 Å². The number of hydrogen-bond donors (Lipinski definition) is 0. The third-order valence-electron chi connectivity index (χ3n) is 3.79. The molecule has 0 bridgehead atoms. The Morgan fingerprint density at radius 2 is 2.15 bits per heavy atom. The molecule has 0 unspecified atom stereocenters. The van der Waals surface area contributed by atoms with E-state index in [1.807, 2.05) is 19.9 Å². The number of aryl methyl sites for hydroxylation is 2. The molecule has 2 heterocycles. The summed E-state index contributed by atoms with van der Waals surface area (Å²) in [5, 5.41) is 14.3. The molecule has 0 atom stereocenters. The SMILES string of the molecule is Cc1cc(C)n2nc(SCC(=O)N(CCC#N)c3cccc(Cl)c3)nc2n1. The Labute approximate surface area is 166 Å². The third kappa shape index (κ3) is 4.56. The number of nitrogens with zero attached hydrogens (tertiary/aromatic N) is 6. The van der Waals surface area contributed by atoms with Crippen molar-refractivity contribution in [2.75, 3.05) is 17.2 Å². The van der Waals surface area contributed by atoms with Gasteiger partial charge in [-0.15, -0.1) is 5.10 Å². The molecule has 1 aromatic carbocycles. The zero-order chi connectivity index (χ0) is 19.4. The molecule has 0 N–H and O–H groups in total. The maximum atomic E-state index is 12.7. The Morgan fingerprint density at radius 3 is 2.89 bits per heavy atom. The second-order valence-electron chi connectivity index (χ2n) is 5.87. The zero-order valence-corrected chi connectivity index (χ0v) is 16.5. The first-order valence-corrected chi connectivity index (χ1v) is 9.61. The molecule has 0 saturated heterocycles. The highest BCUT2D eigenvalue weighted by Crippen LogP contribution is 2.22. The van der Waals surface area contributed by atoms with E-state index < -0.39 is 0 Å². The predicted molar refractivity (Wildman–Crippen MR) is 105 cm³/mol. The van der Waals surface area contributed by atoms with Gasteiger partial charge in [-0.3, -0.25) is 4.79 Å². The topological polar surface area (TPSA) is 87.2 Å². The number of thioether (sulfide) groups is 1. The number of halogens is 1. The van der Waals surface area contributed by atoms with Crippen LogP contribution in [0.1, 0.15) is 17.8 Å². The highest BCUT2D eigenvalue weighted by molar-refractivity contribution is 7.99.